The summed E-state index contributed by atoms with van der Waals surface area (Å²) in [6.45, 7) is 0. The van der Waals surface area contributed by atoms with Crippen LogP contribution in [0.3, 0.4) is 0 Å². The van der Waals surface area contributed by atoms with Crippen LogP contribution in [0.15, 0.2) is 60.7 Å². The smallest absolute Gasteiger partial charge is 0.422 e. The van der Waals surface area contributed by atoms with E-state index in [0.29, 0.717) is 0 Å². The quantitative estimate of drug-likeness (QED) is 0.695. The summed E-state index contributed by atoms with van der Waals surface area (Å²) in [5.41, 5.74) is -3.70. The van der Waals surface area contributed by atoms with Crippen LogP contribution in [0, 0.1) is 0 Å². The summed E-state index contributed by atoms with van der Waals surface area (Å²) in [5.74, 6) is -1.06. The number of rotatable bonds is 4. The number of alkyl halides is 3. The predicted molar refractivity (Wildman–Crippen MR) is 73.1 cm³/mol. The molecular weight excluding hydrogens is 297 g/mol. The third-order valence-electron chi connectivity index (χ3n) is 3.10. The SMILES string of the molecule is O=C(C[C@@](O)(c1ccccc1)C(F)(F)F)Oc1ccccc1. The maximum atomic E-state index is 13.2. The zero-order chi connectivity index (χ0) is 16.2. The van der Waals surface area contributed by atoms with Gasteiger partial charge in [0.25, 0.3) is 0 Å². The molecule has 0 aliphatic carbocycles. The van der Waals surface area contributed by atoms with Crippen LogP contribution in [-0.2, 0) is 10.4 Å². The Balaban J connectivity index is 2.23. The molecule has 6 heteroatoms. The van der Waals surface area contributed by atoms with Crippen LogP contribution in [0.4, 0.5) is 13.2 Å². The molecule has 0 aliphatic heterocycles. The fourth-order valence-electron chi connectivity index (χ4n) is 1.94. The first kappa shape index (κ1) is 16.0. The molecule has 0 bridgehead atoms. The Bertz CT molecular complexity index is 626. The van der Waals surface area contributed by atoms with E-state index in [1.165, 1.54) is 30.3 Å². The van der Waals surface area contributed by atoms with Crippen LogP contribution in [0.1, 0.15) is 12.0 Å². The van der Waals surface area contributed by atoms with E-state index in [2.05, 4.69) is 0 Å². The van der Waals surface area contributed by atoms with Crippen molar-refractivity contribution in [2.45, 2.75) is 18.2 Å². The van der Waals surface area contributed by atoms with E-state index in [1.807, 2.05) is 0 Å². The molecule has 2 rings (SSSR count). The molecule has 0 aromatic heterocycles. The fourth-order valence-corrected chi connectivity index (χ4v) is 1.94. The van der Waals surface area contributed by atoms with Gasteiger partial charge in [-0.3, -0.25) is 4.79 Å². The van der Waals surface area contributed by atoms with Crippen molar-refractivity contribution in [3.05, 3.63) is 66.2 Å². The summed E-state index contributed by atoms with van der Waals surface area (Å²) in [7, 11) is 0. The van der Waals surface area contributed by atoms with E-state index in [0.717, 1.165) is 12.1 Å². The van der Waals surface area contributed by atoms with Gasteiger partial charge in [-0.15, -0.1) is 0 Å². The molecule has 0 amide bonds. The van der Waals surface area contributed by atoms with E-state index in [4.69, 9.17) is 4.74 Å². The lowest BCUT2D eigenvalue weighted by molar-refractivity contribution is -0.268. The van der Waals surface area contributed by atoms with Crippen molar-refractivity contribution in [1.29, 1.82) is 0 Å². The minimum Gasteiger partial charge on any atom is -0.426 e. The summed E-state index contributed by atoms with van der Waals surface area (Å²) in [5, 5.41) is 10.0. The Morgan fingerprint density at radius 3 is 1.95 bits per heavy atom. The largest absolute Gasteiger partial charge is 0.426 e. The summed E-state index contributed by atoms with van der Waals surface area (Å²) < 4.78 is 44.5. The van der Waals surface area contributed by atoms with Gasteiger partial charge in [0.1, 0.15) is 5.75 Å². The van der Waals surface area contributed by atoms with Gasteiger partial charge < -0.3 is 9.84 Å². The van der Waals surface area contributed by atoms with Crippen molar-refractivity contribution in [2.75, 3.05) is 0 Å². The predicted octanol–water partition coefficient (Wildman–Crippen LogP) is 3.43. The lowest BCUT2D eigenvalue weighted by Crippen LogP contribution is -2.44. The number of para-hydroxylation sites is 1. The normalized spacial score (nSPS) is 14.2. The van der Waals surface area contributed by atoms with Gasteiger partial charge in [-0.25, -0.2) is 0 Å². The molecule has 0 saturated carbocycles. The van der Waals surface area contributed by atoms with Crippen molar-refractivity contribution < 1.29 is 27.8 Å². The Kier molecular flexibility index (Phi) is 4.51. The summed E-state index contributed by atoms with van der Waals surface area (Å²) in [4.78, 5) is 11.8. The molecule has 0 spiro atoms. The van der Waals surface area contributed by atoms with E-state index >= 15 is 0 Å². The van der Waals surface area contributed by atoms with Crippen LogP contribution >= 0.6 is 0 Å². The molecule has 0 unspecified atom stereocenters. The highest BCUT2D eigenvalue weighted by Gasteiger charge is 2.56. The monoisotopic (exact) mass is 310 g/mol. The third kappa shape index (κ3) is 3.46. The van der Waals surface area contributed by atoms with Crippen LogP contribution in [0.2, 0.25) is 0 Å². The molecule has 2 aromatic rings. The van der Waals surface area contributed by atoms with Crippen LogP contribution in [0.25, 0.3) is 0 Å². The molecule has 3 nitrogen and oxygen atoms in total. The Hall–Kier alpha value is -2.34. The number of carbonyl (C=O) groups excluding carboxylic acids is 1. The Morgan fingerprint density at radius 2 is 1.45 bits per heavy atom. The maximum Gasteiger partial charge on any atom is 0.422 e. The molecule has 0 aliphatic rings. The Morgan fingerprint density at radius 1 is 0.955 bits per heavy atom. The van der Waals surface area contributed by atoms with Gasteiger partial charge in [-0.05, 0) is 17.7 Å². The third-order valence-corrected chi connectivity index (χ3v) is 3.10. The van der Waals surface area contributed by atoms with E-state index in [-0.39, 0.29) is 5.75 Å². The van der Waals surface area contributed by atoms with Gasteiger partial charge in [-0.2, -0.15) is 13.2 Å². The molecule has 2 aromatic carbocycles. The second-order valence-corrected chi connectivity index (χ2v) is 4.69. The van der Waals surface area contributed by atoms with Crippen molar-refractivity contribution >= 4 is 5.97 Å². The number of halogens is 3. The number of esters is 1. The summed E-state index contributed by atoms with van der Waals surface area (Å²) in [6, 6.07) is 14.2. The van der Waals surface area contributed by atoms with Crippen LogP contribution in [0.5, 0.6) is 5.75 Å². The zero-order valence-corrected chi connectivity index (χ0v) is 11.4. The van der Waals surface area contributed by atoms with Crippen molar-refractivity contribution in [2.24, 2.45) is 0 Å². The van der Waals surface area contributed by atoms with Crippen LogP contribution in [-0.4, -0.2) is 17.3 Å². The lowest BCUT2D eigenvalue weighted by Gasteiger charge is -2.30. The molecule has 0 fully saturated rings. The Labute approximate surface area is 125 Å². The van der Waals surface area contributed by atoms with Crippen LogP contribution < -0.4 is 4.74 Å². The minimum atomic E-state index is -5.01. The van der Waals surface area contributed by atoms with Gasteiger partial charge in [0.05, 0.1) is 6.42 Å². The molecule has 22 heavy (non-hydrogen) atoms. The van der Waals surface area contributed by atoms with Gasteiger partial charge in [0, 0.05) is 0 Å². The minimum absolute atomic E-state index is 0.116. The highest BCUT2D eigenvalue weighted by molar-refractivity contribution is 5.74. The van der Waals surface area contributed by atoms with Crippen molar-refractivity contribution in [1.82, 2.24) is 0 Å². The number of ether oxygens (including phenoxy) is 1. The van der Waals surface area contributed by atoms with E-state index in [9.17, 15) is 23.1 Å². The highest BCUT2D eigenvalue weighted by Crippen LogP contribution is 2.41. The molecular formula is C16H13F3O3. The first-order valence-corrected chi connectivity index (χ1v) is 6.43. The molecule has 0 saturated heterocycles. The number of carbonyl (C=O) groups is 1. The van der Waals surface area contributed by atoms with Gasteiger partial charge in [-0.1, -0.05) is 48.5 Å². The average Bonchev–Trinajstić information content (AvgIpc) is 2.47. The molecule has 1 N–H and O–H groups in total. The van der Waals surface area contributed by atoms with Crippen molar-refractivity contribution in [3.63, 3.8) is 0 Å². The first-order valence-electron chi connectivity index (χ1n) is 6.43. The first-order chi connectivity index (χ1) is 10.3. The number of hydrogen-bond donors (Lipinski definition) is 1. The van der Waals surface area contributed by atoms with Gasteiger partial charge in [0.2, 0.25) is 0 Å². The van der Waals surface area contributed by atoms with Gasteiger partial charge in [0.15, 0.2) is 5.60 Å². The number of benzene rings is 2. The second kappa shape index (κ2) is 6.19. The maximum absolute atomic E-state index is 13.2. The fraction of sp³-hybridized carbons (Fsp3) is 0.188. The molecule has 116 valence electrons. The lowest BCUT2D eigenvalue weighted by atomic mass is 9.90. The summed E-state index contributed by atoms with van der Waals surface area (Å²) in [6.07, 6.45) is -6.24. The highest BCUT2D eigenvalue weighted by atomic mass is 19.4. The second-order valence-electron chi connectivity index (χ2n) is 4.69. The van der Waals surface area contributed by atoms with Crippen molar-refractivity contribution in [3.8, 4) is 5.75 Å². The molecule has 1 atom stereocenters. The zero-order valence-electron chi connectivity index (χ0n) is 11.4. The van der Waals surface area contributed by atoms with E-state index < -0.39 is 29.7 Å². The summed E-state index contributed by atoms with van der Waals surface area (Å²) >= 11 is 0. The van der Waals surface area contributed by atoms with E-state index in [1.54, 1.807) is 18.2 Å². The topological polar surface area (TPSA) is 46.5 Å². The molecule has 0 heterocycles. The number of aliphatic hydroxyl groups is 1. The number of hydrogen-bond acceptors (Lipinski definition) is 3. The standard InChI is InChI=1S/C16H13F3O3/c17-16(18,19)15(21,12-7-3-1-4-8-12)11-14(20)22-13-9-5-2-6-10-13/h1-10,21H,11H2/t15-/m1/s1. The average molecular weight is 310 g/mol. The molecule has 0 radical (unpaired) electrons. The van der Waals surface area contributed by atoms with Gasteiger partial charge >= 0.3 is 12.1 Å².